The minimum absolute atomic E-state index is 0.335. The van der Waals surface area contributed by atoms with E-state index in [0.29, 0.717) is 5.56 Å². The lowest BCUT2D eigenvalue weighted by atomic mass is 10.1. The quantitative estimate of drug-likeness (QED) is 0.648. The average molecular weight is 226 g/mol. The number of aromatic nitrogens is 2. The fourth-order valence-corrected chi connectivity index (χ4v) is 1.96. The number of H-pyrrole nitrogens is 1. The van der Waals surface area contributed by atoms with E-state index >= 15 is 0 Å². The van der Waals surface area contributed by atoms with Gasteiger partial charge in [0, 0.05) is 17.1 Å². The van der Waals surface area contributed by atoms with Crippen molar-refractivity contribution in [1.29, 1.82) is 0 Å². The molecule has 84 valence electrons. The van der Waals surface area contributed by atoms with Crippen LogP contribution in [-0.2, 0) is 4.74 Å². The molecule has 3 aromatic rings. The normalized spacial score (nSPS) is 10.9. The number of carbonyl (C=O) groups is 1. The number of esters is 1. The third-order valence-electron chi connectivity index (χ3n) is 2.77. The zero-order valence-electron chi connectivity index (χ0n) is 9.23. The lowest BCUT2D eigenvalue weighted by Gasteiger charge is -1.98. The van der Waals surface area contributed by atoms with Crippen LogP contribution in [-0.4, -0.2) is 23.0 Å². The molecule has 0 radical (unpaired) electrons. The number of rotatable bonds is 1. The average Bonchev–Trinajstić information content (AvgIpc) is 2.75. The Balaban J connectivity index is 2.30. The van der Waals surface area contributed by atoms with Gasteiger partial charge in [0.2, 0.25) is 0 Å². The molecule has 2 heterocycles. The number of nitrogens with zero attached hydrogens (tertiary/aromatic N) is 1. The molecule has 3 rings (SSSR count). The van der Waals surface area contributed by atoms with Crippen molar-refractivity contribution in [2.24, 2.45) is 0 Å². The Morgan fingerprint density at radius 2 is 2.18 bits per heavy atom. The number of methoxy groups -OCH3 is 1. The summed E-state index contributed by atoms with van der Waals surface area (Å²) in [7, 11) is 1.37. The maximum atomic E-state index is 11.4. The van der Waals surface area contributed by atoms with Gasteiger partial charge in [-0.1, -0.05) is 0 Å². The Morgan fingerprint density at radius 3 is 3.00 bits per heavy atom. The van der Waals surface area contributed by atoms with E-state index in [1.807, 2.05) is 18.2 Å². The molecule has 4 nitrogen and oxygen atoms in total. The molecule has 0 saturated heterocycles. The van der Waals surface area contributed by atoms with Crippen LogP contribution in [0.4, 0.5) is 0 Å². The largest absolute Gasteiger partial charge is 0.465 e. The van der Waals surface area contributed by atoms with Gasteiger partial charge in [-0.05, 0) is 30.3 Å². The first kappa shape index (κ1) is 9.84. The fourth-order valence-electron chi connectivity index (χ4n) is 1.96. The molecule has 0 bridgehead atoms. The van der Waals surface area contributed by atoms with E-state index in [4.69, 9.17) is 4.74 Å². The Bertz CT molecular complexity index is 716. The highest BCUT2D eigenvalue weighted by atomic mass is 16.5. The second kappa shape index (κ2) is 3.59. The summed E-state index contributed by atoms with van der Waals surface area (Å²) in [5.74, 6) is -0.335. The Kier molecular flexibility index (Phi) is 2.08. The number of aromatic amines is 1. The van der Waals surface area contributed by atoms with E-state index < -0.39 is 0 Å². The zero-order chi connectivity index (χ0) is 11.8. The molecule has 2 aromatic heterocycles. The van der Waals surface area contributed by atoms with E-state index in [0.717, 1.165) is 21.9 Å². The summed E-state index contributed by atoms with van der Waals surface area (Å²) < 4.78 is 4.69. The van der Waals surface area contributed by atoms with Crippen molar-refractivity contribution < 1.29 is 9.53 Å². The van der Waals surface area contributed by atoms with Gasteiger partial charge >= 0.3 is 5.97 Å². The highest BCUT2D eigenvalue weighted by Crippen LogP contribution is 2.24. The van der Waals surface area contributed by atoms with Crippen molar-refractivity contribution in [3.8, 4) is 0 Å². The van der Waals surface area contributed by atoms with Crippen LogP contribution in [0.3, 0.4) is 0 Å². The van der Waals surface area contributed by atoms with Crippen LogP contribution in [0.15, 0.2) is 36.5 Å². The molecule has 0 amide bonds. The van der Waals surface area contributed by atoms with Gasteiger partial charge in [0.05, 0.1) is 23.7 Å². The maximum Gasteiger partial charge on any atom is 0.337 e. The first-order valence-electron chi connectivity index (χ1n) is 5.24. The van der Waals surface area contributed by atoms with Gasteiger partial charge in [-0.15, -0.1) is 0 Å². The van der Waals surface area contributed by atoms with Gasteiger partial charge in [-0.25, -0.2) is 4.79 Å². The van der Waals surface area contributed by atoms with Crippen molar-refractivity contribution in [2.45, 2.75) is 0 Å². The predicted octanol–water partition coefficient (Wildman–Crippen LogP) is 2.50. The highest BCUT2D eigenvalue weighted by molar-refractivity contribution is 6.06. The number of benzene rings is 1. The first-order chi connectivity index (χ1) is 8.29. The number of hydrogen-bond acceptors (Lipinski definition) is 3. The molecule has 4 heteroatoms. The van der Waals surface area contributed by atoms with Gasteiger partial charge in [0.25, 0.3) is 0 Å². The van der Waals surface area contributed by atoms with Gasteiger partial charge < -0.3 is 9.72 Å². The van der Waals surface area contributed by atoms with Crippen molar-refractivity contribution in [2.75, 3.05) is 7.11 Å². The molecule has 0 unspecified atom stereocenters. The van der Waals surface area contributed by atoms with Crippen molar-refractivity contribution >= 4 is 27.9 Å². The first-order valence-corrected chi connectivity index (χ1v) is 5.24. The molecule has 1 N–H and O–H groups in total. The molecule has 0 fully saturated rings. The molecular weight excluding hydrogens is 216 g/mol. The van der Waals surface area contributed by atoms with E-state index in [1.54, 1.807) is 18.3 Å². The molecule has 0 aliphatic heterocycles. The molecule has 1 aromatic carbocycles. The smallest absolute Gasteiger partial charge is 0.337 e. The summed E-state index contributed by atoms with van der Waals surface area (Å²) in [5.41, 5.74) is 3.30. The van der Waals surface area contributed by atoms with Crippen LogP contribution in [0.25, 0.3) is 21.9 Å². The Morgan fingerprint density at radius 1 is 1.29 bits per heavy atom. The van der Waals surface area contributed by atoms with Gasteiger partial charge in [0.15, 0.2) is 0 Å². The van der Waals surface area contributed by atoms with E-state index in [9.17, 15) is 4.79 Å². The van der Waals surface area contributed by atoms with E-state index in [2.05, 4.69) is 9.97 Å². The molecule has 0 saturated carbocycles. The second-order valence-electron chi connectivity index (χ2n) is 3.78. The summed E-state index contributed by atoms with van der Waals surface area (Å²) >= 11 is 0. The minimum Gasteiger partial charge on any atom is -0.465 e. The highest BCUT2D eigenvalue weighted by Gasteiger charge is 2.09. The summed E-state index contributed by atoms with van der Waals surface area (Å²) in [6.07, 6.45) is 1.75. The summed E-state index contributed by atoms with van der Waals surface area (Å²) in [6.45, 7) is 0. The molecule has 17 heavy (non-hydrogen) atoms. The zero-order valence-corrected chi connectivity index (χ0v) is 9.23. The Hall–Kier alpha value is -2.36. The van der Waals surface area contributed by atoms with Crippen molar-refractivity contribution in [3.05, 3.63) is 42.1 Å². The number of pyridine rings is 1. The van der Waals surface area contributed by atoms with Crippen LogP contribution in [0.1, 0.15) is 10.4 Å². The second-order valence-corrected chi connectivity index (χ2v) is 3.78. The topological polar surface area (TPSA) is 55.0 Å². The summed E-state index contributed by atoms with van der Waals surface area (Å²) in [5, 5.41) is 1.01. The SMILES string of the molecule is COC(=O)c1ccc2c(c1)[nH]c1cccnc12. The monoisotopic (exact) mass is 226 g/mol. The van der Waals surface area contributed by atoms with Crippen LogP contribution in [0.5, 0.6) is 0 Å². The lowest BCUT2D eigenvalue weighted by Crippen LogP contribution is -2.00. The lowest BCUT2D eigenvalue weighted by molar-refractivity contribution is 0.0601. The summed E-state index contributed by atoms with van der Waals surface area (Å²) in [4.78, 5) is 19.0. The number of hydrogen-bond donors (Lipinski definition) is 1. The van der Waals surface area contributed by atoms with Crippen LogP contribution in [0.2, 0.25) is 0 Å². The van der Waals surface area contributed by atoms with Crippen LogP contribution in [0, 0.1) is 0 Å². The van der Waals surface area contributed by atoms with Gasteiger partial charge in [-0.3, -0.25) is 4.98 Å². The molecular formula is C13H10N2O2. The predicted molar refractivity (Wildman–Crippen MR) is 64.9 cm³/mol. The van der Waals surface area contributed by atoms with Crippen molar-refractivity contribution in [1.82, 2.24) is 9.97 Å². The number of carbonyl (C=O) groups excluding carboxylic acids is 1. The molecule has 0 aliphatic carbocycles. The number of nitrogens with one attached hydrogen (secondary N) is 1. The van der Waals surface area contributed by atoms with E-state index in [-0.39, 0.29) is 5.97 Å². The molecule has 0 spiro atoms. The fraction of sp³-hybridized carbons (Fsp3) is 0.0769. The minimum atomic E-state index is -0.335. The van der Waals surface area contributed by atoms with Crippen LogP contribution >= 0.6 is 0 Å². The Labute approximate surface area is 97.2 Å². The summed E-state index contributed by atoms with van der Waals surface area (Å²) in [6, 6.07) is 9.24. The van der Waals surface area contributed by atoms with Gasteiger partial charge in [-0.2, -0.15) is 0 Å². The van der Waals surface area contributed by atoms with Crippen LogP contribution < -0.4 is 0 Å². The maximum absolute atomic E-state index is 11.4. The third kappa shape index (κ3) is 1.45. The standard InChI is InChI=1S/C13H10N2O2/c1-17-13(16)8-4-5-9-11(7-8)15-10-3-2-6-14-12(9)10/h2-7,15H,1H3. The number of ether oxygens (including phenoxy) is 1. The van der Waals surface area contributed by atoms with Gasteiger partial charge in [0.1, 0.15) is 0 Å². The van der Waals surface area contributed by atoms with E-state index in [1.165, 1.54) is 7.11 Å². The number of fused-ring (bicyclic) bond motifs is 3. The van der Waals surface area contributed by atoms with Crippen molar-refractivity contribution in [3.63, 3.8) is 0 Å². The molecule has 0 atom stereocenters. The third-order valence-corrected chi connectivity index (χ3v) is 2.77. The molecule has 0 aliphatic rings.